The van der Waals surface area contributed by atoms with Crippen LogP contribution < -0.4 is 0 Å². The summed E-state index contributed by atoms with van der Waals surface area (Å²) in [5, 5.41) is 0. The zero-order chi connectivity index (χ0) is 14.8. The Hall–Kier alpha value is -2.48. The van der Waals surface area contributed by atoms with Crippen molar-refractivity contribution in [3.05, 3.63) is 71.5 Å². The van der Waals surface area contributed by atoms with Crippen molar-refractivity contribution in [3.63, 3.8) is 0 Å². The SMILES string of the molecule is Cc1ccc(-c2ncc(C)nc2-c2ccc(C)cc2)cc1. The van der Waals surface area contributed by atoms with Crippen molar-refractivity contribution in [3.8, 4) is 22.5 Å². The number of aryl methyl sites for hydroxylation is 3. The normalized spacial score (nSPS) is 10.6. The van der Waals surface area contributed by atoms with Crippen LogP contribution in [-0.2, 0) is 0 Å². The zero-order valence-electron chi connectivity index (χ0n) is 12.6. The minimum absolute atomic E-state index is 0.932. The lowest BCUT2D eigenvalue weighted by Crippen LogP contribution is -1.95. The van der Waals surface area contributed by atoms with Gasteiger partial charge in [-0.25, -0.2) is 4.98 Å². The molecule has 2 nitrogen and oxygen atoms in total. The summed E-state index contributed by atoms with van der Waals surface area (Å²) < 4.78 is 0. The second-order valence-corrected chi connectivity index (χ2v) is 5.44. The highest BCUT2D eigenvalue weighted by Crippen LogP contribution is 2.29. The summed E-state index contributed by atoms with van der Waals surface area (Å²) in [4.78, 5) is 9.32. The molecule has 0 unspecified atom stereocenters. The molecule has 3 rings (SSSR count). The van der Waals surface area contributed by atoms with Crippen LogP contribution in [0.15, 0.2) is 54.7 Å². The van der Waals surface area contributed by atoms with Crippen LogP contribution in [0.3, 0.4) is 0 Å². The maximum atomic E-state index is 4.71. The molecule has 0 radical (unpaired) electrons. The van der Waals surface area contributed by atoms with Gasteiger partial charge in [-0.1, -0.05) is 59.7 Å². The molecule has 0 amide bonds. The first-order valence-corrected chi connectivity index (χ1v) is 7.11. The Morgan fingerprint density at radius 2 is 1.10 bits per heavy atom. The molecular weight excluding hydrogens is 256 g/mol. The Morgan fingerprint density at radius 1 is 0.619 bits per heavy atom. The third-order valence-corrected chi connectivity index (χ3v) is 3.54. The summed E-state index contributed by atoms with van der Waals surface area (Å²) in [6.07, 6.45) is 1.83. The van der Waals surface area contributed by atoms with Crippen molar-refractivity contribution in [2.24, 2.45) is 0 Å². The lowest BCUT2D eigenvalue weighted by atomic mass is 10.0. The molecule has 0 aliphatic rings. The Bertz CT molecular complexity index is 757. The topological polar surface area (TPSA) is 25.8 Å². The van der Waals surface area contributed by atoms with Gasteiger partial charge in [0.15, 0.2) is 0 Å². The Balaban J connectivity index is 2.17. The number of benzene rings is 2. The van der Waals surface area contributed by atoms with Crippen LogP contribution in [0.4, 0.5) is 0 Å². The molecule has 2 aromatic carbocycles. The van der Waals surface area contributed by atoms with E-state index < -0.39 is 0 Å². The van der Waals surface area contributed by atoms with E-state index in [9.17, 15) is 0 Å². The third-order valence-electron chi connectivity index (χ3n) is 3.54. The van der Waals surface area contributed by atoms with Gasteiger partial charge in [0.2, 0.25) is 0 Å². The van der Waals surface area contributed by atoms with Crippen molar-refractivity contribution in [2.75, 3.05) is 0 Å². The van der Waals surface area contributed by atoms with Crippen molar-refractivity contribution in [1.82, 2.24) is 9.97 Å². The first-order chi connectivity index (χ1) is 10.1. The lowest BCUT2D eigenvalue weighted by molar-refractivity contribution is 1.13. The lowest BCUT2D eigenvalue weighted by Gasteiger charge is -2.10. The van der Waals surface area contributed by atoms with Gasteiger partial charge in [-0.3, -0.25) is 4.98 Å². The van der Waals surface area contributed by atoms with Crippen molar-refractivity contribution in [1.29, 1.82) is 0 Å². The minimum atomic E-state index is 0.932. The van der Waals surface area contributed by atoms with Crippen LogP contribution in [0, 0.1) is 20.8 Å². The molecule has 0 aliphatic carbocycles. The van der Waals surface area contributed by atoms with Gasteiger partial charge in [0.25, 0.3) is 0 Å². The molecule has 104 valence electrons. The van der Waals surface area contributed by atoms with Crippen molar-refractivity contribution in [2.45, 2.75) is 20.8 Å². The second kappa shape index (κ2) is 5.49. The molecule has 0 atom stereocenters. The molecule has 21 heavy (non-hydrogen) atoms. The average Bonchev–Trinajstić information content (AvgIpc) is 2.49. The van der Waals surface area contributed by atoms with Gasteiger partial charge in [0.05, 0.1) is 17.1 Å². The monoisotopic (exact) mass is 274 g/mol. The van der Waals surface area contributed by atoms with E-state index in [-0.39, 0.29) is 0 Å². The highest BCUT2D eigenvalue weighted by Gasteiger charge is 2.11. The summed E-state index contributed by atoms with van der Waals surface area (Å²) in [7, 11) is 0. The number of rotatable bonds is 2. The fraction of sp³-hybridized carbons (Fsp3) is 0.158. The van der Waals surface area contributed by atoms with E-state index >= 15 is 0 Å². The van der Waals surface area contributed by atoms with Crippen molar-refractivity contribution < 1.29 is 0 Å². The van der Waals surface area contributed by atoms with Gasteiger partial charge >= 0.3 is 0 Å². The standard InChI is InChI=1S/C19H18N2/c1-13-4-8-16(9-5-13)18-19(21-15(3)12-20-18)17-10-6-14(2)7-11-17/h4-12H,1-3H3. The maximum Gasteiger partial charge on any atom is 0.0968 e. The van der Waals surface area contributed by atoms with Crippen LogP contribution in [0.25, 0.3) is 22.5 Å². The first kappa shape index (κ1) is 13.5. The summed E-state index contributed by atoms with van der Waals surface area (Å²) >= 11 is 0. The summed E-state index contributed by atoms with van der Waals surface area (Å²) in [5.41, 5.74) is 7.51. The minimum Gasteiger partial charge on any atom is -0.252 e. The van der Waals surface area contributed by atoms with E-state index in [0.29, 0.717) is 0 Å². The van der Waals surface area contributed by atoms with Gasteiger partial charge < -0.3 is 0 Å². The molecule has 2 heteroatoms. The quantitative estimate of drug-likeness (QED) is 0.674. The molecule has 1 aromatic heterocycles. The average molecular weight is 274 g/mol. The predicted octanol–water partition coefficient (Wildman–Crippen LogP) is 4.74. The number of hydrogen-bond acceptors (Lipinski definition) is 2. The van der Waals surface area contributed by atoms with Gasteiger partial charge in [-0.2, -0.15) is 0 Å². The highest BCUT2D eigenvalue weighted by atomic mass is 14.8. The van der Waals surface area contributed by atoms with Gasteiger partial charge in [-0.15, -0.1) is 0 Å². The van der Waals surface area contributed by atoms with Gasteiger partial charge in [0, 0.05) is 17.3 Å². The van der Waals surface area contributed by atoms with E-state index in [1.54, 1.807) is 0 Å². The predicted molar refractivity (Wildman–Crippen MR) is 87.1 cm³/mol. The molecule has 3 aromatic rings. The van der Waals surface area contributed by atoms with Crippen LogP contribution in [0.1, 0.15) is 16.8 Å². The second-order valence-electron chi connectivity index (χ2n) is 5.44. The number of hydrogen-bond donors (Lipinski definition) is 0. The van der Waals surface area contributed by atoms with E-state index in [2.05, 4.69) is 67.4 Å². The molecule has 1 heterocycles. The number of nitrogens with zero attached hydrogens (tertiary/aromatic N) is 2. The molecule has 0 fully saturated rings. The van der Waals surface area contributed by atoms with Crippen LogP contribution >= 0.6 is 0 Å². The van der Waals surface area contributed by atoms with E-state index in [1.807, 2.05) is 13.1 Å². The molecule has 0 N–H and O–H groups in total. The molecular formula is C19H18N2. The van der Waals surface area contributed by atoms with E-state index in [1.165, 1.54) is 11.1 Å². The summed E-state index contributed by atoms with van der Waals surface area (Å²) in [6, 6.07) is 16.9. The fourth-order valence-corrected chi connectivity index (χ4v) is 2.31. The van der Waals surface area contributed by atoms with Crippen LogP contribution in [-0.4, -0.2) is 9.97 Å². The Morgan fingerprint density at radius 3 is 1.62 bits per heavy atom. The highest BCUT2D eigenvalue weighted by molar-refractivity contribution is 5.77. The molecule has 0 saturated heterocycles. The van der Waals surface area contributed by atoms with Gasteiger partial charge in [0.1, 0.15) is 0 Å². The summed E-state index contributed by atoms with van der Waals surface area (Å²) in [5.74, 6) is 0. The van der Waals surface area contributed by atoms with Crippen LogP contribution in [0.5, 0.6) is 0 Å². The number of aromatic nitrogens is 2. The first-order valence-electron chi connectivity index (χ1n) is 7.11. The zero-order valence-corrected chi connectivity index (χ0v) is 12.6. The van der Waals surface area contributed by atoms with Crippen LogP contribution in [0.2, 0.25) is 0 Å². The fourth-order valence-electron chi connectivity index (χ4n) is 2.31. The van der Waals surface area contributed by atoms with Gasteiger partial charge in [-0.05, 0) is 20.8 Å². The molecule has 0 spiro atoms. The molecule has 0 saturated carbocycles. The largest absolute Gasteiger partial charge is 0.252 e. The smallest absolute Gasteiger partial charge is 0.0968 e. The summed E-state index contributed by atoms with van der Waals surface area (Å²) in [6.45, 7) is 6.15. The molecule has 0 aliphatic heterocycles. The van der Waals surface area contributed by atoms with E-state index in [0.717, 1.165) is 28.2 Å². The van der Waals surface area contributed by atoms with E-state index in [4.69, 9.17) is 4.98 Å². The Labute approximate surface area is 125 Å². The third kappa shape index (κ3) is 2.84. The molecule has 0 bridgehead atoms. The maximum absolute atomic E-state index is 4.71. The van der Waals surface area contributed by atoms with Crippen molar-refractivity contribution >= 4 is 0 Å². The Kier molecular flexibility index (Phi) is 3.53.